The minimum atomic E-state index is -4.71. The van der Waals surface area contributed by atoms with Crippen molar-refractivity contribution < 1.29 is 27.8 Å². The minimum Gasteiger partial charge on any atom is -0.480 e. The van der Waals surface area contributed by atoms with Gasteiger partial charge in [-0.25, -0.2) is 34.4 Å². The van der Waals surface area contributed by atoms with Crippen LogP contribution in [0.25, 0.3) is 33.8 Å². The Labute approximate surface area is 241 Å². The van der Waals surface area contributed by atoms with Crippen molar-refractivity contribution in [2.24, 2.45) is 0 Å². The molecule has 1 amide bonds. The number of fused-ring (bicyclic) bond motifs is 2. The van der Waals surface area contributed by atoms with E-state index in [1.807, 2.05) is 0 Å². The van der Waals surface area contributed by atoms with Gasteiger partial charge < -0.3 is 19.3 Å². The van der Waals surface area contributed by atoms with Crippen LogP contribution >= 0.6 is 0 Å². The zero-order chi connectivity index (χ0) is 29.9. The Morgan fingerprint density at radius 3 is 2.56 bits per heavy atom. The van der Waals surface area contributed by atoms with Crippen LogP contribution < -0.4 is 4.74 Å². The fourth-order valence-corrected chi connectivity index (χ4v) is 5.43. The first-order valence-electron chi connectivity index (χ1n) is 13.5. The molecule has 5 heterocycles. The molecular formula is C28H24F3N9O3. The van der Waals surface area contributed by atoms with E-state index in [2.05, 4.69) is 25.0 Å². The molecule has 0 bridgehead atoms. The molecule has 7 rings (SSSR count). The van der Waals surface area contributed by atoms with Gasteiger partial charge in [-0.2, -0.15) is 18.3 Å². The number of ether oxygens (including phenoxy) is 1. The number of nitrogens with zero attached hydrogens (tertiary/aromatic N) is 9. The maximum Gasteiger partial charge on any atom is 0.435 e. The molecule has 1 aliphatic carbocycles. The second-order valence-corrected chi connectivity index (χ2v) is 10.5. The average molecular weight is 592 g/mol. The highest BCUT2D eigenvalue weighted by Gasteiger charge is 2.41. The summed E-state index contributed by atoms with van der Waals surface area (Å²) in [6.45, 7) is 0.108. The highest BCUT2D eigenvalue weighted by molar-refractivity contribution is 5.77. The second-order valence-electron chi connectivity index (χ2n) is 10.5. The quantitative estimate of drug-likeness (QED) is 0.301. The number of rotatable bonds is 6. The highest BCUT2D eigenvalue weighted by Crippen LogP contribution is 2.45. The van der Waals surface area contributed by atoms with E-state index in [-0.39, 0.29) is 31.2 Å². The van der Waals surface area contributed by atoms with E-state index in [9.17, 15) is 23.1 Å². The first-order valence-corrected chi connectivity index (χ1v) is 13.5. The second kappa shape index (κ2) is 10.0. The molecule has 1 saturated carbocycles. The number of alkyl halides is 3. The summed E-state index contributed by atoms with van der Waals surface area (Å²) < 4.78 is 50.1. The fraction of sp³-hybridized carbons (Fsp3) is 0.321. The van der Waals surface area contributed by atoms with Crippen LogP contribution in [0.15, 0.2) is 43.0 Å². The molecule has 12 nitrogen and oxygen atoms in total. The molecule has 1 aliphatic heterocycles. The van der Waals surface area contributed by atoms with E-state index in [4.69, 9.17) is 9.72 Å². The zero-order valence-corrected chi connectivity index (χ0v) is 22.8. The number of imidazole rings is 1. The lowest BCUT2D eigenvalue weighted by Gasteiger charge is -2.27. The Hall–Kier alpha value is -5.08. The van der Waals surface area contributed by atoms with Gasteiger partial charge in [0.2, 0.25) is 5.88 Å². The molecule has 0 radical (unpaired) electrons. The van der Waals surface area contributed by atoms with Crippen LogP contribution in [-0.2, 0) is 25.8 Å². The summed E-state index contributed by atoms with van der Waals surface area (Å²) in [5.41, 5.74) is 2.22. The topological polar surface area (TPSA) is 137 Å². The molecule has 4 aromatic heterocycles. The van der Waals surface area contributed by atoms with Crippen LogP contribution in [0.1, 0.15) is 41.4 Å². The molecule has 0 spiro atoms. The number of methoxy groups -OCH3 is 1. The molecule has 1 fully saturated rings. The Balaban J connectivity index is 1.19. The van der Waals surface area contributed by atoms with E-state index in [0.717, 1.165) is 34.4 Å². The molecule has 0 atom stereocenters. The molecule has 5 aromatic rings. The van der Waals surface area contributed by atoms with Gasteiger partial charge in [0.05, 0.1) is 43.2 Å². The van der Waals surface area contributed by atoms with Crippen LogP contribution in [0, 0.1) is 0 Å². The van der Waals surface area contributed by atoms with Gasteiger partial charge in [-0.05, 0) is 18.4 Å². The number of carbonyl (C=O) groups is 1. The van der Waals surface area contributed by atoms with E-state index < -0.39 is 18.0 Å². The Kier molecular flexibility index (Phi) is 6.25. The predicted molar refractivity (Wildman–Crippen MR) is 145 cm³/mol. The molecule has 1 aromatic carbocycles. The fourth-order valence-electron chi connectivity index (χ4n) is 5.43. The molecular weight excluding hydrogens is 567 g/mol. The third-order valence-corrected chi connectivity index (χ3v) is 7.69. The lowest BCUT2D eigenvalue weighted by atomic mass is 10.1. The predicted octanol–water partition coefficient (Wildman–Crippen LogP) is 4.59. The van der Waals surface area contributed by atoms with Crippen molar-refractivity contribution in [2.75, 3.05) is 13.7 Å². The minimum absolute atomic E-state index is 0.0699. The number of amides is 1. The summed E-state index contributed by atoms with van der Waals surface area (Å²) in [7, 11) is 1.54. The van der Waals surface area contributed by atoms with Gasteiger partial charge in [-0.15, -0.1) is 0 Å². The van der Waals surface area contributed by atoms with E-state index in [1.165, 1.54) is 10.9 Å². The van der Waals surface area contributed by atoms with Gasteiger partial charge in [-0.1, -0.05) is 24.3 Å². The summed E-state index contributed by atoms with van der Waals surface area (Å²) >= 11 is 0. The lowest BCUT2D eigenvalue weighted by Crippen LogP contribution is -2.38. The van der Waals surface area contributed by atoms with Gasteiger partial charge in [0.1, 0.15) is 17.7 Å². The van der Waals surface area contributed by atoms with Gasteiger partial charge >= 0.3 is 12.3 Å². The average Bonchev–Trinajstić information content (AvgIpc) is 3.67. The van der Waals surface area contributed by atoms with E-state index in [0.29, 0.717) is 40.9 Å². The summed E-state index contributed by atoms with van der Waals surface area (Å²) in [5, 5.41) is 14.5. The summed E-state index contributed by atoms with van der Waals surface area (Å²) in [6, 6.07) is 7.00. The van der Waals surface area contributed by atoms with Crippen LogP contribution in [0.3, 0.4) is 0 Å². The van der Waals surface area contributed by atoms with Crippen molar-refractivity contribution in [1.82, 2.24) is 44.2 Å². The van der Waals surface area contributed by atoms with E-state index >= 15 is 0 Å². The number of halogens is 3. The summed E-state index contributed by atoms with van der Waals surface area (Å²) in [4.78, 5) is 34.3. The Morgan fingerprint density at radius 1 is 1.07 bits per heavy atom. The van der Waals surface area contributed by atoms with Crippen molar-refractivity contribution >= 4 is 17.1 Å². The summed E-state index contributed by atoms with van der Waals surface area (Å²) in [5.74, 6) is 1.31. The molecule has 220 valence electrons. The largest absolute Gasteiger partial charge is 0.480 e. The van der Waals surface area contributed by atoms with Crippen LogP contribution in [0.5, 0.6) is 5.88 Å². The molecule has 2 aliphatic rings. The first-order chi connectivity index (χ1) is 20.7. The van der Waals surface area contributed by atoms with Gasteiger partial charge in [0.15, 0.2) is 17.2 Å². The zero-order valence-electron chi connectivity index (χ0n) is 22.8. The standard InChI is InChI=1S/C28H24F3N9O3/c1-43-26-20(21(16-6-7-16)33-14-34-26)23-32-10-18-11-35-40(25(18)37-23)12-15-2-4-17(5-3-15)24-36-22(28(29,30)31)19-13-38(27(41)42)8-9-39(19)24/h2-5,10-11,14,16H,6-9,12-13H2,1H3,(H,41,42). The molecule has 1 N–H and O–H groups in total. The van der Waals surface area contributed by atoms with E-state index in [1.54, 1.807) is 48.5 Å². The van der Waals surface area contributed by atoms with Crippen molar-refractivity contribution in [3.05, 3.63) is 65.6 Å². The monoisotopic (exact) mass is 591 g/mol. The maximum atomic E-state index is 13.8. The lowest BCUT2D eigenvalue weighted by molar-refractivity contribution is -0.142. The number of aromatic nitrogens is 8. The highest BCUT2D eigenvalue weighted by atomic mass is 19.4. The van der Waals surface area contributed by atoms with Gasteiger partial charge in [0.25, 0.3) is 0 Å². The third-order valence-electron chi connectivity index (χ3n) is 7.69. The normalized spacial score (nSPS) is 15.1. The number of hydrogen-bond donors (Lipinski definition) is 1. The van der Waals surface area contributed by atoms with Crippen LogP contribution in [0.2, 0.25) is 0 Å². The van der Waals surface area contributed by atoms with Crippen molar-refractivity contribution in [1.29, 1.82) is 0 Å². The van der Waals surface area contributed by atoms with Gasteiger partial charge in [-0.3, -0.25) is 0 Å². The Morgan fingerprint density at radius 2 is 1.86 bits per heavy atom. The maximum absolute atomic E-state index is 13.8. The van der Waals surface area contributed by atoms with Crippen LogP contribution in [-0.4, -0.2) is 69.0 Å². The smallest absolute Gasteiger partial charge is 0.435 e. The third kappa shape index (κ3) is 4.79. The Bertz CT molecular complexity index is 1860. The summed E-state index contributed by atoms with van der Waals surface area (Å²) in [6.07, 6.45) is 0.925. The number of benzene rings is 1. The van der Waals surface area contributed by atoms with Crippen LogP contribution in [0.4, 0.5) is 18.0 Å². The molecule has 0 saturated heterocycles. The van der Waals surface area contributed by atoms with Crippen molar-refractivity contribution in [3.63, 3.8) is 0 Å². The molecule has 0 unspecified atom stereocenters. The first kappa shape index (κ1) is 26.8. The number of carboxylic acid groups (broad SMARTS) is 1. The van der Waals surface area contributed by atoms with Gasteiger partial charge in [0, 0.05) is 30.8 Å². The molecule has 15 heteroatoms. The van der Waals surface area contributed by atoms with Crippen molar-refractivity contribution in [3.8, 4) is 28.7 Å². The SMILES string of the molecule is COc1ncnc(C2CC2)c1-c1ncc2cnn(Cc3ccc(-c4nc(C(F)(F)F)c5n4CCN(C(=O)O)C5)cc3)c2n1. The van der Waals surface area contributed by atoms with Crippen molar-refractivity contribution in [2.45, 2.75) is 44.6 Å². The number of hydrogen-bond acceptors (Lipinski definition) is 8. The molecule has 43 heavy (non-hydrogen) atoms.